The highest BCUT2D eigenvalue weighted by Crippen LogP contribution is 2.38. The van der Waals surface area contributed by atoms with Gasteiger partial charge in [0.2, 0.25) is 5.78 Å². The lowest BCUT2D eigenvalue weighted by atomic mass is 10.0. The molecule has 0 N–H and O–H groups in total. The minimum atomic E-state index is -0.240. The SMILES string of the molecule is COc1cc(OC)c(C(=O)c2cc(Br)c(OC)cc2OC)cc1Br. The van der Waals surface area contributed by atoms with Gasteiger partial charge >= 0.3 is 0 Å². The van der Waals surface area contributed by atoms with Gasteiger partial charge in [0, 0.05) is 12.1 Å². The first kappa shape index (κ1) is 18.6. The van der Waals surface area contributed by atoms with E-state index in [1.54, 1.807) is 38.5 Å². The van der Waals surface area contributed by atoms with E-state index < -0.39 is 0 Å². The number of carbonyl (C=O) groups is 1. The van der Waals surface area contributed by atoms with Gasteiger partial charge in [-0.15, -0.1) is 0 Å². The van der Waals surface area contributed by atoms with E-state index in [-0.39, 0.29) is 5.78 Å². The van der Waals surface area contributed by atoms with Crippen LogP contribution in [0.15, 0.2) is 33.2 Å². The van der Waals surface area contributed by atoms with Crippen LogP contribution < -0.4 is 18.9 Å². The Morgan fingerprint density at radius 3 is 1.29 bits per heavy atom. The van der Waals surface area contributed by atoms with Crippen molar-refractivity contribution in [3.05, 3.63) is 44.3 Å². The zero-order valence-electron chi connectivity index (χ0n) is 13.6. The predicted octanol–water partition coefficient (Wildman–Crippen LogP) is 4.48. The molecule has 0 unspecified atom stereocenters. The Balaban J connectivity index is 2.61. The van der Waals surface area contributed by atoms with Crippen molar-refractivity contribution in [2.75, 3.05) is 28.4 Å². The molecule has 0 aromatic heterocycles. The maximum absolute atomic E-state index is 13.0. The molecule has 0 bridgehead atoms. The summed E-state index contributed by atoms with van der Waals surface area (Å²) >= 11 is 6.78. The second-order valence-electron chi connectivity index (χ2n) is 4.70. The van der Waals surface area contributed by atoms with E-state index in [4.69, 9.17) is 18.9 Å². The molecule has 24 heavy (non-hydrogen) atoms. The van der Waals surface area contributed by atoms with Gasteiger partial charge in [-0.3, -0.25) is 4.79 Å². The molecule has 2 aromatic carbocycles. The molecule has 0 aliphatic carbocycles. The van der Waals surface area contributed by atoms with Crippen LogP contribution in [0.25, 0.3) is 0 Å². The second kappa shape index (κ2) is 7.90. The van der Waals surface area contributed by atoms with Gasteiger partial charge in [0.05, 0.1) is 48.5 Å². The van der Waals surface area contributed by atoms with Crippen LogP contribution in [0.3, 0.4) is 0 Å². The van der Waals surface area contributed by atoms with Crippen LogP contribution >= 0.6 is 31.9 Å². The molecule has 0 aliphatic heterocycles. The molecular formula is C17H16Br2O5. The van der Waals surface area contributed by atoms with E-state index in [9.17, 15) is 4.79 Å². The number of hydrogen-bond acceptors (Lipinski definition) is 5. The molecule has 2 rings (SSSR count). The van der Waals surface area contributed by atoms with Gasteiger partial charge in [0.15, 0.2) is 0 Å². The van der Waals surface area contributed by atoms with Gasteiger partial charge in [-0.05, 0) is 44.0 Å². The van der Waals surface area contributed by atoms with Crippen LogP contribution in [-0.4, -0.2) is 34.2 Å². The lowest BCUT2D eigenvalue weighted by molar-refractivity contribution is 0.103. The predicted molar refractivity (Wildman–Crippen MR) is 97.9 cm³/mol. The Kier molecular flexibility index (Phi) is 6.12. The van der Waals surface area contributed by atoms with Crippen LogP contribution in [-0.2, 0) is 0 Å². The van der Waals surface area contributed by atoms with Crippen molar-refractivity contribution in [2.45, 2.75) is 0 Å². The van der Waals surface area contributed by atoms with Gasteiger partial charge < -0.3 is 18.9 Å². The normalized spacial score (nSPS) is 10.2. The highest BCUT2D eigenvalue weighted by atomic mass is 79.9. The third-order valence-corrected chi connectivity index (χ3v) is 4.68. The molecular weight excluding hydrogens is 444 g/mol. The zero-order valence-corrected chi connectivity index (χ0v) is 16.8. The molecule has 7 heteroatoms. The minimum Gasteiger partial charge on any atom is -0.496 e. The fourth-order valence-corrected chi connectivity index (χ4v) is 3.23. The Morgan fingerprint density at radius 2 is 1.00 bits per heavy atom. The fourth-order valence-electron chi connectivity index (χ4n) is 2.22. The first-order valence-electron chi connectivity index (χ1n) is 6.84. The second-order valence-corrected chi connectivity index (χ2v) is 6.41. The summed E-state index contributed by atoms with van der Waals surface area (Å²) in [6, 6.07) is 6.64. The molecule has 0 atom stereocenters. The zero-order chi connectivity index (χ0) is 17.9. The highest BCUT2D eigenvalue weighted by Gasteiger charge is 2.22. The first-order valence-corrected chi connectivity index (χ1v) is 8.43. The number of hydrogen-bond donors (Lipinski definition) is 0. The van der Waals surface area contributed by atoms with Gasteiger partial charge in [0.1, 0.15) is 23.0 Å². The molecule has 0 aliphatic rings. The van der Waals surface area contributed by atoms with Crippen molar-refractivity contribution >= 4 is 37.6 Å². The largest absolute Gasteiger partial charge is 0.496 e. The Morgan fingerprint density at radius 1 is 0.667 bits per heavy atom. The summed E-state index contributed by atoms with van der Waals surface area (Å²) in [5.74, 6) is 1.73. The van der Waals surface area contributed by atoms with E-state index in [0.717, 1.165) is 0 Å². The quantitative estimate of drug-likeness (QED) is 0.596. The number of methoxy groups -OCH3 is 4. The van der Waals surface area contributed by atoms with Crippen molar-refractivity contribution in [2.24, 2.45) is 0 Å². The Bertz CT molecular complexity index is 711. The molecule has 2 aromatic rings. The molecule has 0 saturated carbocycles. The number of benzene rings is 2. The molecule has 0 spiro atoms. The number of ether oxygens (including phenoxy) is 4. The van der Waals surface area contributed by atoms with Gasteiger partial charge in [-0.2, -0.15) is 0 Å². The maximum atomic E-state index is 13.0. The monoisotopic (exact) mass is 458 g/mol. The summed E-state index contributed by atoms with van der Waals surface area (Å²) in [5.41, 5.74) is 0.779. The summed E-state index contributed by atoms with van der Waals surface area (Å²) < 4.78 is 22.4. The standard InChI is InChI=1S/C17H16Br2O5/c1-21-13-7-15(23-3)11(18)5-9(13)17(20)10-6-12(19)16(24-4)8-14(10)22-2/h5-8H,1-4H3. The van der Waals surface area contributed by atoms with Crippen LogP contribution in [0.1, 0.15) is 15.9 Å². The van der Waals surface area contributed by atoms with Crippen molar-refractivity contribution in [3.63, 3.8) is 0 Å². The molecule has 0 radical (unpaired) electrons. The molecule has 128 valence electrons. The minimum absolute atomic E-state index is 0.240. The van der Waals surface area contributed by atoms with E-state index >= 15 is 0 Å². The van der Waals surface area contributed by atoms with Crippen LogP contribution in [0.4, 0.5) is 0 Å². The smallest absolute Gasteiger partial charge is 0.200 e. The van der Waals surface area contributed by atoms with Crippen molar-refractivity contribution in [3.8, 4) is 23.0 Å². The summed E-state index contributed by atoms with van der Waals surface area (Å²) in [4.78, 5) is 13.0. The van der Waals surface area contributed by atoms with Crippen molar-refractivity contribution in [1.29, 1.82) is 0 Å². The van der Waals surface area contributed by atoms with Gasteiger partial charge in [-0.1, -0.05) is 0 Å². The number of rotatable bonds is 6. The summed E-state index contributed by atoms with van der Waals surface area (Å²) in [7, 11) is 6.09. The molecule has 5 nitrogen and oxygen atoms in total. The Labute approximate surface area is 157 Å². The molecule has 0 heterocycles. The van der Waals surface area contributed by atoms with E-state index in [2.05, 4.69) is 31.9 Å². The van der Waals surface area contributed by atoms with E-state index in [1.807, 2.05) is 0 Å². The van der Waals surface area contributed by atoms with Crippen molar-refractivity contribution < 1.29 is 23.7 Å². The molecule has 0 amide bonds. The average Bonchev–Trinajstić information content (AvgIpc) is 2.60. The lowest BCUT2D eigenvalue weighted by Gasteiger charge is -2.14. The van der Waals surface area contributed by atoms with Crippen LogP contribution in [0, 0.1) is 0 Å². The fraction of sp³-hybridized carbons (Fsp3) is 0.235. The number of ketones is 1. The first-order chi connectivity index (χ1) is 11.5. The molecule has 0 fully saturated rings. The number of carbonyl (C=O) groups excluding carboxylic acids is 1. The lowest BCUT2D eigenvalue weighted by Crippen LogP contribution is -2.07. The summed E-state index contributed by atoms with van der Waals surface area (Å²) in [6.45, 7) is 0. The average molecular weight is 460 g/mol. The maximum Gasteiger partial charge on any atom is 0.200 e. The topological polar surface area (TPSA) is 54.0 Å². The molecule has 0 saturated heterocycles. The number of halogens is 2. The van der Waals surface area contributed by atoms with E-state index in [1.165, 1.54) is 14.2 Å². The third-order valence-electron chi connectivity index (χ3n) is 3.44. The van der Waals surface area contributed by atoms with Gasteiger partial charge in [-0.25, -0.2) is 0 Å². The van der Waals surface area contributed by atoms with Crippen LogP contribution in [0.2, 0.25) is 0 Å². The highest BCUT2D eigenvalue weighted by molar-refractivity contribution is 9.10. The van der Waals surface area contributed by atoms with Crippen molar-refractivity contribution in [1.82, 2.24) is 0 Å². The summed E-state index contributed by atoms with van der Waals surface area (Å²) in [6.07, 6.45) is 0. The van der Waals surface area contributed by atoms with E-state index in [0.29, 0.717) is 43.1 Å². The Hall–Kier alpha value is -1.73. The van der Waals surface area contributed by atoms with Crippen LogP contribution in [0.5, 0.6) is 23.0 Å². The summed E-state index contributed by atoms with van der Waals surface area (Å²) in [5, 5.41) is 0. The third kappa shape index (κ3) is 3.52. The van der Waals surface area contributed by atoms with Gasteiger partial charge in [0.25, 0.3) is 0 Å².